The van der Waals surface area contributed by atoms with Crippen LogP contribution < -0.4 is 0 Å². The molecule has 0 radical (unpaired) electrons. The summed E-state index contributed by atoms with van der Waals surface area (Å²) in [7, 11) is 0. The highest BCUT2D eigenvalue weighted by molar-refractivity contribution is 5.57. The molecule has 0 aliphatic heterocycles. The first-order chi connectivity index (χ1) is 12.4. The van der Waals surface area contributed by atoms with Crippen molar-refractivity contribution in [1.82, 2.24) is 19.5 Å². The van der Waals surface area contributed by atoms with Gasteiger partial charge in [-0.3, -0.25) is 9.97 Å². The van der Waals surface area contributed by atoms with Crippen molar-refractivity contribution in [2.24, 2.45) is 0 Å². The molecule has 25 heavy (non-hydrogen) atoms. The zero-order valence-corrected chi connectivity index (χ0v) is 13.8. The zero-order valence-electron chi connectivity index (χ0n) is 13.8. The average Bonchev–Trinajstić information content (AvgIpc) is 3.10. The largest absolute Gasteiger partial charge is 0.330 e. The van der Waals surface area contributed by atoms with Gasteiger partial charge in [0.2, 0.25) is 0 Å². The lowest BCUT2D eigenvalue weighted by molar-refractivity contribution is 0.751. The smallest absolute Gasteiger partial charge is 0.0951 e. The van der Waals surface area contributed by atoms with Crippen LogP contribution in [0.2, 0.25) is 0 Å². The molecule has 4 rings (SSSR count). The Bertz CT molecular complexity index is 929. The van der Waals surface area contributed by atoms with Crippen LogP contribution in [0, 0.1) is 0 Å². The number of rotatable bonds is 5. The molecule has 1 aromatic carbocycles. The Labute approximate surface area is 146 Å². The molecule has 0 aliphatic carbocycles. The Morgan fingerprint density at radius 3 is 2.44 bits per heavy atom. The van der Waals surface area contributed by atoms with Crippen LogP contribution in [0.25, 0.3) is 11.3 Å². The lowest BCUT2D eigenvalue weighted by atomic mass is 10.1. The maximum Gasteiger partial charge on any atom is 0.0951 e. The van der Waals surface area contributed by atoms with Crippen molar-refractivity contribution in [1.29, 1.82) is 0 Å². The topological polar surface area (TPSA) is 43.6 Å². The normalized spacial score (nSPS) is 10.7. The van der Waals surface area contributed by atoms with E-state index in [0.29, 0.717) is 0 Å². The quantitative estimate of drug-likeness (QED) is 0.557. The molecule has 122 valence electrons. The summed E-state index contributed by atoms with van der Waals surface area (Å²) in [5.41, 5.74) is 5.60. The molecule has 4 heteroatoms. The van der Waals surface area contributed by atoms with Crippen molar-refractivity contribution in [3.8, 4) is 11.3 Å². The van der Waals surface area contributed by atoms with Gasteiger partial charge in [0.05, 0.1) is 18.6 Å². The minimum atomic E-state index is 0.766. The van der Waals surface area contributed by atoms with E-state index in [1.807, 2.05) is 49.2 Å². The number of aromatic nitrogens is 4. The van der Waals surface area contributed by atoms with Crippen LogP contribution in [-0.4, -0.2) is 19.5 Å². The highest BCUT2D eigenvalue weighted by Gasteiger charge is 2.05. The summed E-state index contributed by atoms with van der Waals surface area (Å²) < 4.78 is 2.17. The summed E-state index contributed by atoms with van der Waals surface area (Å²) in [6.45, 7) is 0.766. The van der Waals surface area contributed by atoms with Gasteiger partial charge in [0.15, 0.2) is 0 Å². The van der Waals surface area contributed by atoms with Crippen LogP contribution in [0.5, 0.6) is 0 Å². The fraction of sp³-hybridized carbons (Fsp3) is 0.0952. The number of hydrogen-bond acceptors (Lipinski definition) is 3. The van der Waals surface area contributed by atoms with E-state index in [2.05, 4.69) is 49.9 Å². The summed E-state index contributed by atoms with van der Waals surface area (Å²) in [6, 6.07) is 18.5. The molecule has 0 saturated heterocycles. The molecular formula is C21H18N4. The second kappa shape index (κ2) is 7.09. The second-order valence-electron chi connectivity index (χ2n) is 5.97. The van der Waals surface area contributed by atoms with Crippen molar-refractivity contribution < 1.29 is 0 Å². The third kappa shape index (κ3) is 3.63. The first kappa shape index (κ1) is 15.3. The highest BCUT2D eigenvalue weighted by atomic mass is 15.0. The van der Waals surface area contributed by atoms with Gasteiger partial charge in [-0.05, 0) is 29.3 Å². The first-order valence-corrected chi connectivity index (χ1v) is 8.27. The standard InChI is InChI=1S/C21H18N4/c1-2-5-17(6-3-1)11-20-14-23-16-25(20)15-18-8-9-21(24-12-18)19-7-4-10-22-13-19/h1-10,12-14,16H,11,15H2. The predicted octanol–water partition coefficient (Wildman–Crippen LogP) is 3.98. The highest BCUT2D eigenvalue weighted by Crippen LogP contribution is 2.16. The number of pyridine rings is 2. The molecule has 0 fully saturated rings. The van der Waals surface area contributed by atoms with Crippen LogP contribution in [0.3, 0.4) is 0 Å². The molecule has 0 bridgehead atoms. The number of benzene rings is 1. The molecule has 3 aromatic heterocycles. The summed E-state index contributed by atoms with van der Waals surface area (Å²) in [6.07, 6.45) is 10.2. The molecule has 0 unspecified atom stereocenters. The number of nitrogens with zero attached hydrogens (tertiary/aromatic N) is 4. The number of imidazole rings is 1. The molecule has 0 spiro atoms. The SMILES string of the molecule is c1ccc(Cc2cncn2Cc2ccc(-c3cccnc3)nc2)cc1. The monoisotopic (exact) mass is 326 g/mol. The molecule has 0 saturated carbocycles. The van der Waals surface area contributed by atoms with E-state index in [-0.39, 0.29) is 0 Å². The van der Waals surface area contributed by atoms with Crippen molar-refractivity contribution in [3.63, 3.8) is 0 Å². The van der Waals surface area contributed by atoms with E-state index in [0.717, 1.165) is 29.8 Å². The molecule has 0 amide bonds. The van der Waals surface area contributed by atoms with Crippen molar-refractivity contribution in [2.45, 2.75) is 13.0 Å². The molecule has 3 heterocycles. The minimum Gasteiger partial charge on any atom is -0.330 e. The summed E-state index contributed by atoms with van der Waals surface area (Å²) >= 11 is 0. The third-order valence-electron chi connectivity index (χ3n) is 4.16. The van der Waals surface area contributed by atoms with Crippen LogP contribution >= 0.6 is 0 Å². The van der Waals surface area contributed by atoms with Crippen LogP contribution in [0.15, 0.2) is 85.7 Å². The van der Waals surface area contributed by atoms with E-state index < -0.39 is 0 Å². The summed E-state index contributed by atoms with van der Waals surface area (Å²) in [5.74, 6) is 0. The van der Waals surface area contributed by atoms with Gasteiger partial charge in [-0.15, -0.1) is 0 Å². The Kier molecular flexibility index (Phi) is 4.33. The van der Waals surface area contributed by atoms with Crippen LogP contribution in [-0.2, 0) is 13.0 Å². The maximum absolute atomic E-state index is 4.57. The van der Waals surface area contributed by atoms with E-state index in [9.17, 15) is 0 Å². The maximum atomic E-state index is 4.57. The van der Waals surface area contributed by atoms with Gasteiger partial charge < -0.3 is 4.57 Å². The van der Waals surface area contributed by atoms with E-state index in [1.165, 1.54) is 11.3 Å². The lowest BCUT2D eigenvalue weighted by Gasteiger charge is -2.09. The Hall–Kier alpha value is -3.27. The first-order valence-electron chi connectivity index (χ1n) is 8.27. The van der Waals surface area contributed by atoms with Crippen molar-refractivity contribution in [2.75, 3.05) is 0 Å². The van der Waals surface area contributed by atoms with Crippen molar-refractivity contribution in [3.05, 3.63) is 103 Å². The minimum absolute atomic E-state index is 0.766. The molecule has 0 atom stereocenters. The molecule has 4 aromatic rings. The van der Waals surface area contributed by atoms with E-state index >= 15 is 0 Å². The van der Waals surface area contributed by atoms with Gasteiger partial charge in [0, 0.05) is 42.5 Å². The molecule has 0 N–H and O–H groups in total. The van der Waals surface area contributed by atoms with Gasteiger partial charge in [0.25, 0.3) is 0 Å². The van der Waals surface area contributed by atoms with Gasteiger partial charge in [-0.1, -0.05) is 36.4 Å². The molecule has 0 aliphatic rings. The van der Waals surface area contributed by atoms with Gasteiger partial charge in [0.1, 0.15) is 0 Å². The Morgan fingerprint density at radius 1 is 0.760 bits per heavy atom. The number of hydrogen-bond donors (Lipinski definition) is 0. The van der Waals surface area contributed by atoms with Crippen LogP contribution in [0.4, 0.5) is 0 Å². The lowest BCUT2D eigenvalue weighted by Crippen LogP contribution is -2.04. The van der Waals surface area contributed by atoms with Gasteiger partial charge in [-0.2, -0.15) is 0 Å². The Balaban J connectivity index is 1.51. The predicted molar refractivity (Wildman–Crippen MR) is 98.0 cm³/mol. The molecule has 4 nitrogen and oxygen atoms in total. The molecular weight excluding hydrogens is 308 g/mol. The third-order valence-corrected chi connectivity index (χ3v) is 4.16. The van der Waals surface area contributed by atoms with Gasteiger partial charge >= 0.3 is 0 Å². The summed E-state index contributed by atoms with van der Waals surface area (Å²) in [5, 5.41) is 0. The fourth-order valence-corrected chi connectivity index (χ4v) is 2.84. The van der Waals surface area contributed by atoms with E-state index in [4.69, 9.17) is 0 Å². The fourth-order valence-electron chi connectivity index (χ4n) is 2.84. The summed E-state index contributed by atoms with van der Waals surface area (Å²) in [4.78, 5) is 13.0. The van der Waals surface area contributed by atoms with Crippen LogP contribution in [0.1, 0.15) is 16.8 Å². The Morgan fingerprint density at radius 2 is 1.68 bits per heavy atom. The zero-order chi connectivity index (χ0) is 16.9. The second-order valence-corrected chi connectivity index (χ2v) is 5.97. The van der Waals surface area contributed by atoms with Gasteiger partial charge in [-0.25, -0.2) is 4.98 Å². The van der Waals surface area contributed by atoms with Crippen molar-refractivity contribution >= 4 is 0 Å². The van der Waals surface area contributed by atoms with E-state index in [1.54, 1.807) is 6.20 Å². The average molecular weight is 326 g/mol.